The lowest BCUT2D eigenvalue weighted by molar-refractivity contribution is -0.151. The quantitative estimate of drug-likeness (QED) is 0.462. The van der Waals surface area contributed by atoms with Gasteiger partial charge in [0.25, 0.3) is 0 Å². The predicted octanol–water partition coefficient (Wildman–Crippen LogP) is 4.74. The molecule has 2 nitrogen and oxygen atoms in total. The number of ether oxygens (including phenoxy) is 1. The lowest BCUT2D eigenvalue weighted by Gasteiger charge is -2.22. The fourth-order valence-corrected chi connectivity index (χ4v) is 2.14. The first-order chi connectivity index (χ1) is 8.32. The second kappa shape index (κ2) is 8.34. The Kier molecular flexibility index (Phi) is 7.97. The Morgan fingerprint density at radius 2 is 1.89 bits per heavy atom. The van der Waals surface area contributed by atoms with E-state index in [0.29, 0.717) is 6.61 Å². The summed E-state index contributed by atoms with van der Waals surface area (Å²) in [4.78, 5) is 12.0. The molecule has 106 valence electrons. The third kappa shape index (κ3) is 7.52. The van der Waals surface area contributed by atoms with Gasteiger partial charge < -0.3 is 4.74 Å². The molecule has 0 aromatic carbocycles. The van der Waals surface area contributed by atoms with Gasteiger partial charge in [0.1, 0.15) is 0 Å². The Hall–Kier alpha value is -0.790. The van der Waals surface area contributed by atoms with Crippen molar-refractivity contribution >= 4 is 5.97 Å². The van der Waals surface area contributed by atoms with Crippen molar-refractivity contribution in [2.24, 2.45) is 11.3 Å². The van der Waals surface area contributed by atoms with Crippen LogP contribution in [0.3, 0.4) is 0 Å². The number of hydrogen-bond donors (Lipinski definition) is 0. The number of rotatable bonds is 8. The van der Waals surface area contributed by atoms with Crippen molar-refractivity contribution in [1.82, 2.24) is 0 Å². The van der Waals surface area contributed by atoms with Crippen LogP contribution in [0.2, 0.25) is 0 Å². The van der Waals surface area contributed by atoms with Crippen LogP contribution >= 0.6 is 0 Å². The molecule has 0 rings (SSSR count). The van der Waals surface area contributed by atoms with Crippen molar-refractivity contribution in [3.05, 3.63) is 11.6 Å². The first kappa shape index (κ1) is 17.2. The minimum Gasteiger partial charge on any atom is -0.465 e. The van der Waals surface area contributed by atoms with Gasteiger partial charge in [-0.25, -0.2) is 0 Å². The van der Waals surface area contributed by atoms with E-state index in [0.717, 1.165) is 25.7 Å². The first-order valence-electron chi connectivity index (χ1n) is 7.15. The molecule has 0 aliphatic rings. The van der Waals surface area contributed by atoms with Gasteiger partial charge in [0.2, 0.25) is 0 Å². The Morgan fingerprint density at radius 1 is 1.28 bits per heavy atom. The van der Waals surface area contributed by atoms with Crippen LogP contribution in [-0.2, 0) is 9.53 Å². The summed E-state index contributed by atoms with van der Waals surface area (Å²) in [5, 5.41) is 0. The van der Waals surface area contributed by atoms with Crippen LogP contribution in [0.1, 0.15) is 67.2 Å². The Labute approximate surface area is 113 Å². The van der Waals surface area contributed by atoms with E-state index < -0.39 is 0 Å². The van der Waals surface area contributed by atoms with Crippen LogP contribution < -0.4 is 0 Å². The number of hydrogen-bond acceptors (Lipinski definition) is 2. The van der Waals surface area contributed by atoms with Crippen molar-refractivity contribution < 1.29 is 9.53 Å². The number of carbonyl (C=O) groups is 1. The molecule has 0 radical (unpaired) electrons. The highest BCUT2D eigenvalue weighted by Gasteiger charge is 2.21. The van der Waals surface area contributed by atoms with Gasteiger partial charge in [-0.05, 0) is 26.7 Å². The van der Waals surface area contributed by atoms with Gasteiger partial charge in [-0.15, -0.1) is 0 Å². The largest absolute Gasteiger partial charge is 0.465 e. The number of esters is 1. The van der Waals surface area contributed by atoms with Crippen molar-refractivity contribution in [3.63, 3.8) is 0 Å². The third-order valence-corrected chi connectivity index (χ3v) is 3.00. The second-order valence-corrected chi connectivity index (χ2v) is 6.07. The van der Waals surface area contributed by atoms with Crippen LogP contribution in [0.25, 0.3) is 0 Å². The van der Waals surface area contributed by atoms with Crippen molar-refractivity contribution in [3.8, 4) is 0 Å². The molecule has 0 heterocycles. The zero-order valence-electron chi connectivity index (χ0n) is 13.0. The molecule has 0 N–H and O–H groups in total. The maximum absolute atomic E-state index is 12.0. The van der Waals surface area contributed by atoms with Gasteiger partial charge in [0.05, 0.1) is 12.5 Å². The third-order valence-electron chi connectivity index (χ3n) is 3.00. The molecule has 1 unspecified atom stereocenters. The summed E-state index contributed by atoms with van der Waals surface area (Å²) in [6.07, 6.45) is 6.22. The molecule has 0 saturated carbocycles. The average molecular weight is 254 g/mol. The van der Waals surface area contributed by atoms with E-state index in [2.05, 4.69) is 47.6 Å². The molecule has 0 aliphatic carbocycles. The standard InChI is InChI=1S/C16H30O2/c1-7-9-10-14(8-2)15(17)18-12-16(5,6)11-13(3)4/h11,14H,7-10,12H2,1-6H3. The monoisotopic (exact) mass is 254 g/mol. The van der Waals surface area contributed by atoms with E-state index in [9.17, 15) is 4.79 Å². The van der Waals surface area contributed by atoms with Gasteiger partial charge in [-0.1, -0.05) is 52.2 Å². The van der Waals surface area contributed by atoms with Crippen LogP contribution in [0.15, 0.2) is 11.6 Å². The molecule has 1 atom stereocenters. The molecule has 0 bridgehead atoms. The lowest BCUT2D eigenvalue weighted by Crippen LogP contribution is -2.24. The van der Waals surface area contributed by atoms with Gasteiger partial charge in [-0.3, -0.25) is 4.79 Å². The van der Waals surface area contributed by atoms with E-state index in [1.807, 2.05) is 0 Å². The molecule has 18 heavy (non-hydrogen) atoms. The molecule has 0 amide bonds. The Balaban J connectivity index is 4.26. The highest BCUT2D eigenvalue weighted by atomic mass is 16.5. The predicted molar refractivity (Wildman–Crippen MR) is 77.5 cm³/mol. The summed E-state index contributed by atoms with van der Waals surface area (Å²) in [5.41, 5.74) is 1.19. The maximum Gasteiger partial charge on any atom is 0.308 e. The number of allylic oxidation sites excluding steroid dienone is 1. The zero-order valence-corrected chi connectivity index (χ0v) is 13.0. The molecular formula is C16H30O2. The molecule has 0 saturated heterocycles. The summed E-state index contributed by atoms with van der Waals surface area (Å²) >= 11 is 0. The molecule has 0 fully saturated rings. The fraction of sp³-hybridized carbons (Fsp3) is 0.812. The maximum atomic E-state index is 12.0. The topological polar surface area (TPSA) is 26.3 Å². The van der Waals surface area contributed by atoms with Gasteiger partial charge in [-0.2, -0.15) is 0 Å². The molecule has 0 aromatic rings. The van der Waals surface area contributed by atoms with E-state index in [1.165, 1.54) is 5.57 Å². The van der Waals surface area contributed by atoms with Gasteiger partial charge >= 0.3 is 5.97 Å². The normalized spacial score (nSPS) is 13.0. The van der Waals surface area contributed by atoms with E-state index in [4.69, 9.17) is 4.74 Å². The number of carbonyl (C=O) groups excluding carboxylic acids is 1. The Morgan fingerprint density at radius 3 is 2.33 bits per heavy atom. The summed E-state index contributed by atoms with van der Waals surface area (Å²) in [7, 11) is 0. The van der Waals surface area contributed by atoms with Crippen LogP contribution in [0, 0.1) is 11.3 Å². The molecule has 0 aromatic heterocycles. The minimum absolute atomic E-state index is 0.0267. The molecule has 0 spiro atoms. The smallest absolute Gasteiger partial charge is 0.308 e. The van der Waals surface area contributed by atoms with Crippen molar-refractivity contribution in [1.29, 1.82) is 0 Å². The molecule has 2 heteroatoms. The Bertz CT molecular complexity index is 273. The molecular weight excluding hydrogens is 224 g/mol. The SMILES string of the molecule is CCCCC(CC)C(=O)OCC(C)(C)C=C(C)C. The van der Waals surface area contributed by atoms with Gasteiger partial charge in [0, 0.05) is 5.41 Å². The van der Waals surface area contributed by atoms with E-state index >= 15 is 0 Å². The van der Waals surface area contributed by atoms with E-state index in [-0.39, 0.29) is 17.3 Å². The first-order valence-corrected chi connectivity index (χ1v) is 7.15. The van der Waals surface area contributed by atoms with Gasteiger partial charge in [0.15, 0.2) is 0 Å². The summed E-state index contributed by atoms with van der Waals surface area (Å²) in [6.45, 7) is 13.0. The number of unbranched alkanes of at least 4 members (excludes halogenated alkanes) is 1. The lowest BCUT2D eigenvalue weighted by atomic mass is 9.92. The molecule has 0 aliphatic heterocycles. The highest BCUT2D eigenvalue weighted by Crippen LogP contribution is 2.21. The zero-order chi connectivity index (χ0) is 14.2. The fourth-order valence-electron chi connectivity index (χ4n) is 2.14. The summed E-state index contributed by atoms with van der Waals surface area (Å²) < 4.78 is 5.47. The summed E-state index contributed by atoms with van der Waals surface area (Å²) in [6, 6.07) is 0. The minimum atomic E-state index is -0.0719. The van der Waals surface area contributed by atoms with Crippen LogP contribution in [0.4, 0.5) is 0 Å². The van der Waals surface area contributed by atoms with E-state index in [1.54, 1.807) is 0 Å². The second-order valence-electron chi connectivity index (χ2n) is 6.07. The van der Waals surface area contributed by atoms with Crippen molar-refractivity contribution in [2.45, 2.75) is 67.2 Å². The highest BCUT2D eigenvalue weighted by molar-refractivity contribution is 5.72. The average Bonchev–Trinajstić information content (AvgIpc) is 2.26. The summed E-state index contributed by atoms with van der Waals surface area (Å²) in [5.74, 6) is 0.0497. The van der Waals surface area contributed by atoms with Crippen molar-refractivity contribution in [2.75, 3.05) is 6.61 Å². The van der Waals surface area contributed by atoms with Crippen LogP contribution in [-0.4, -0.2) is 12.6 Å². The van der Waals surface area contributed by atoms with Crippen LogP contribution in [0.5, 0.6) is 0 Å².